The predicted molar refractivity (Wildman–Crippen MR) is 87.3 cm³/mol. The molecule has 0 aliphatic heterocycles. The molecule has 2 nitrogen and oxygen atoms in total. The van der Waals surface area contributed by atoms with E-state index in [1.807, 2.05) is 32.2 Å². The Hall–Kier alpha value is -1.51. The predicted octanol–water partition coefficient (Wildman–Crippen LogP) is 4.30. The molecule has 0 saturated heterocycles. The fourth-order valence-electron chi connectivity index (χ4n) is 2.17. The third-order valence-corrected chi connectivity index (χ3v) is 3.75. The Morgan fingerprint density at radius 3 is 2.35 bits per heavy atom. The molecular weight excluding hydrogens is 268 g/mol. The molecule has 0 aliphatic rings. The molecule has 0 aromatic heterocycles. The second kappa shape index (κ2) is 6.29. The third kappa shape index (κ3) is 3.53. The first-order valence-corrected chi connectivity index (χ1v) is 7.17. The second-order valence-electron chi connectivity index (χ2n) is 5.34. The molecule has 0 bridgehead atoms. The van der Waals surface area contributed by atoms with Crippen molar-refractivity contribution in [3.05, 3.63) is 64.2 Å². The Morgan fingerprint density at radius 1 is 1.15 bits per heavy atom. The monoisotopic (exact) mass is 288 g/mol. The third-order valence-electron chi connectivity index (χ3n) is 3.45. The van der Waals surface area contributed by atoms with Gasteiger partial charge in [0.15, 0.2) is 0 Å². The SMILES string of the molecule is Cc1ccc(CN(C)c2ccc(C(C)N)cc2Cl)cc1. The zero-order chi connectivity index (χ0) is 14.7. The van der Waals surface area contributed by atoms with Crippen LogP contribution in [0.25, 0.3) is 0 Å². The van der Waals surface area contributed by atoms with Crippen molar-refractivity contribution in [1.29, 1.82) is 0 Å². The smallest absolute Gasteiger partial charge is 0.0642 e. The van der Waals surface area contributed by atoms with Crippen molar-refractivity contribution >= 4 is 17.3 Å². The summed E-state index contributed by atoms with van der Waals surface area (Å²) in [7, 11) is 2.05. The maximum absolute atomic E-state index is 6.36. The summed E-state index contributed by atoms with van der Waals surface area (Å²) < 4.78 is 0. The normalized spacial score (nSPS) is 12.2. The highest BCUT2D eigenvalue weighted by Crippen LogP contribution is 2.28. The zero-order valence-electron chi connectivity index (χ0n) is 12.2. The van der Waals surface area contributed by atoms with Crippen LogP contribution in [0.3, 0.4) is 0 Å². The van der Waals surface area contributed by atoms with Gasteiger partial charge in [-0.25, -0.2) is 0 Å². The van der Waals surface area contributed by atoms with Gasteiger partial charge in [-0.3, -0.25) is 0 Å². The van der Waals surface area contributed by atoms with Crippen molar-refractivity contribution in [2.75, 3.05) is 11.9 Å². The van der Waals surface area contributed by atoms with Crippen LogP contribution in [-0.4, -0.2) is 7.05 Å². The fourth-order valence-corrected chi connectivity index (χ4v) is 2.50. The molecule has 0 saturated carbocycles. The van der Waals surface area contributed by atoms with Crippen molar-refractivity contribution in [3.8, 4) is 0 Å². The lowest BCUT2D eigenvalue weighted by atomic mass is 10.1. The van der Waals surface area contributed by atoms with Crippen LogP contribution in [0.4, 0.5) is 5.69 Å². The Morgan fingerprint density at radius 2 is 1.80 bits per heavy atom. The summed E-state index contributed by atoms with van der Waals surface area (Å²) in [5.41, 5.74) is 10.5. The summed E-state index contributed by atoms with van der Waals surface area (Å²) in [5.74, 6) is 0. The molecule has 2 rings (SSSR count). The van der Waals surface area contributed by atoms with E-state index in [1.165, 1.54) is 11.1 Å². The van der Waals surface area contributed by atoms with E-state index in [0.717, 1.165) is 22.8 Å². The van der Waals surface area contributed by atoms with Crippen LogP contribution in [0.5, 0.6) is 0 Å². The maximum atomic E-state index is 6.36. The van der Waals surface area contributed by atoms with Crippen molar-refractivity contribution in [2.24, 2.45) is 5.73 Å². The topological polar surface area (TPSA) is 29.3 Å². The Bertz CT molecular complexity index is 576. The molecule has 0 radical (unpaired) electrons. The Balaban J connectivity index is 2.16. The lowest BCUT2D eigenvalue weighted by Crippen LogP contribution is -2.17. The minimum absolute atomic E-state index is 0.00366. The first kappa shape index (κ1) is 14.9. The molecule has 1 atom stereocenters. The number of aryl methyl sites for hydroxylation is 1. The lowest BCUT2D eigenvalue weighted by Gasteiger charge is -2.22. The summed E-state index contributed by atoms with van der Waals surface area (Å²) in [6, 6.07) is 14.6. The molecule has 2 aromatic rings. The van der Waals surface area contributed by atoms with Crippen LogP contribution >= 0.6 is 11.6 Å². The van der Waals surface area contributed by atoms with Gasteiger partial charge in [0.2, 0.25) is 0 Å². The van der Waals surface area contributed by atoms with E-state index >= 15 is 0 Å². The van der Waals surface area contributed by atoms with E-state index in [0.29, 0.717) is 0 Å². The number of nitrogens with zero attached hydrogens (tertiary/aromatic N) is 1. The highest BCUT2D eigenvalue weighted by Gasteiger charge is 2.09. The first-order valence-electron chi connectivity index (χ1n) is 6.79. The molecule has 0 fully saturated rings. The Labute approximate surface area is 126 Å². The van der Waals surface area contributed by atoms with Gasteiger partial charge in [0.05, 0.1) is 10.7 Å². The molecule has 106 valence electrons. The van der Waals surface area contributed by atoms with Gasteiger partial charge >= 0.3 is 0 Å². The van der Waals surface area contributed by atoms with Gasteiger partial charge in [0.25, 0.3) is 0 Å². The Kier molecular flexibility index (Phi) is 4.69. The highest BCUT2D eigenvalue weighted by atomic mass is 35.5. The van der Waals surface area contributed by atoms with E-state index in [4.69, 9.17) is 17.3 Å². The van der Waals surface area contributed by atoms with Gasteiger partial charge < -0.3 is 10.6 Å². The van der Waals surface area contributed by atoms with Gasteiger partial charge in [-0.1, -0.05) is 47.5 Å². The van der Waals surface area contributed by atoms with Gasteiger partial charge in [0, 0.05) is 19.6 Å². The van der Waals surface area contributed by atoms with E-state index < -0.39 is 0 Å². The standard InChI is InChI=1S/C17H21ClN2/c1-12-4-6-14(7-5-12)11-20(3)17-9-8-15(13(2)19)10-16(17)18/h4-10,13H,11,19H2,1-3H3. The summed E-state index contributed by atoms with van der Waals surface area (Å²) in [4.78, 5) is 2.15. The molecule has 2 aromatic carbocycles. The van der Waals surface area contributed by atoms with E-state index in [2.05, 4.69) is 36.1 Å². The molecular formula is C17H21ClN2. The average molecular weight is 289 g/mol. The second-order valence-corrected chi connectivity index (χ2v) is 5.75. The molecule has 2 N–H and O–H groups in total. The quantitative estimate of drug-likeness (QED) is 0.908. The molecule has 0 aliphatic carbocycles. The summed E-state index contributed by atoms with van der Waals surface area (Å²) in [6.45, 7) is 4.88. The van der Waals surface area contributed by atoms with Crippen LogP contribution in [0.2, 0.25) is 5.02 Å². The number of hydrogen-bond acceptors (Lipinski definition) is 2. The summed E-state index contributed by atoms with van der Waals surface area (Å²) in [6.07, 6.45) is 0. The number of nitrogens with two attached hydrogens (primary N) is 1. The first-order chi connectivity index (χ1) is 9.47. The van der Waals surface area contributed by atoms with Crippen molar-refractivity contribution in [3.63, 3.8) is 0 Å². The molecule has 20 heavy (non-hydrogen) atoms. The fraction of sp³-hybridized carbons (Fsp3) is 0.294. The van der Waals surface area contributed by atoms with Crippen LogP contribution in [0, 0.1) is 6.92 Å². The van der Waals surface area contributed by atoms with Crippen molar-refractivity contribution in [2.45, 2.75) is 26.4 Å². The number of anilines is 1. The van der Waals surface area contributed by atoms with Gasteiger partial charge in [-0.2, -0.15) is 0 Å². The van der Waals surface area contributed by atoms with E-state index in [-0.39, 0.29) is 6.04 Å². The molecule has 0 heterocycles. The van der Waals surface area contributed by atoms with Gasteiger partial charge in [-0.15, -0.1) is 0 Å². The molecule has 0 amide bonds. The maximum Gasteiger partial charge on any atom is 0.0642 e. The molecule has 3 heteroatoms. The van der Waals surface area contributed by atoms with Gasteiger partial charge in [0.1, 0.15) is 0 Å². The van der Waals surface area contributed by atoms with Crippen LogP contribution in [-0.2, 0) is 6.54 Å². The van der Waals surface area contributed by atoms with Crippen LogP contribution in [0.1, 0.15) is 29.7 Å². The van der Waals surface area contributed by atoms with E-state index in [1.54, 1.807) is 0 Å². The minimum Gasteiger partial charge on any atom is -0.369 e. The van der Waals surface area contributed by atoms with Crippen molar-refractivity contribution in [1.82, 2.24) is 0 Å². The lowest BCUT2D eigenvalue weighted by molar-refractivity contribution is 0.817. The summed E-state index contributed by atoms with van der Waals surface area (Å²) in [5, 5.41) is 0.745. The highest BCUT2D eigenvalue weighted by molar-refractivity contribution is 6.33. The largest absolute Gasteiger partial charge is 0.369 e. The number of hydrogen-bond donors (Lipinski definition) is 1. The van der Waals surface area contributed by atoms with E-state index in [9.17, 15) is 0 Å². The van der Waals surface area contributed by atoms with Crippen LogP contribution in [0.15, 0.2) is 42.5 Å². The van der Waals surface area contributed by atoms with Gasteiger partial charge in [-0.05, 0) is 37.1 Å². The van der Waals surface area contributed by atoms with Crippen molar-refractivity contribution < 1.29 is 0 Å². The number of rotatable bonds is 4. The van der Waals surface area contributed by atoms with Crippen LogP contribution < -0.4 is 10.6 Å². The summed E-state index contributed by atoms with van der Waals surface area (Å²) >= 11 is 6.36. The zero-order valence-corrected chi connectivity index (χ0v) is 13.0. The minimum atomic E-state index is 0.00366. The molecule has 0 spiro atoms. The molecule has 1 unspecified atom stereocenters. The number of benzene rings is 2. The average Bonchev–Trinajstić information content (AvgIpc) is 2.41. The number of halogens is 1.